The molecule has 1 aliphatic rings. The molecule has 0 aliphatic carbocycles. The molecule has 6 heteroatoms. The molecule has 1 atom stereocenters. The van der Waals surface area contributed by atoms with Gasteiger partial charge in [-0.2, -0.15) is 0 Å². The number of nitrogens with one attached hydrogen (secondary N) is 1. The highest BCUT2D eigenvalue weighted by molar-refractivity contribution is 6.00. The first-order valence-corrected chi connectivity index (χ1v) is 9.08. The molecular weight excluding hydrogens is 340 g/mol. The van der Waals surface area contributed by atoms with Gasteiger partial charge < -0.3 is 14.8 Å². The monoisotopic (exact) mass is 362 g/mol. The van der Waals surface area contributed by atoms with Crippen LogP contribution in [0.2, 0.25) is 0 Å². The van der Waals surface area contributed by atoms with Gasteiger partial charge in [-0.3, -0.25) is 9.59 Å². The Hall–Kier alpha value is -3.15. The molecule has 0 radical (unpaired) electrons. The van der Waals surface area contributed by atoms with Crippen molar-refractivity contribution in [2.45, 2.75) is 19.9 Å². The van der Waals surface area contributed by atoms with Crippen molar-refractivity contribution in [3.63, 3.8) is 0 Å². The zero-order valence-electron chi connectivity index (χ0n) is 15.5. The van der Waals surface area contributed by atoms with Crippen LogP contribution in [-0.4, -0.2) is 27.9 Å². The lowest BCUT2D eigenvalue weighted by Gasteiger charge is -2.17. The van der Waals surface area contributed by atoms with Gasteiger partial charge in [-0.15, -0.1) is 0 Å². The van der Waals surface area contributed by atoms with E-state index in [2.05, 4.69) is 10.3 Å². The summed E-state index contributed by atoms with van der Waals surface area (Å²) in [5, 5.41) is 2.94. The van der Waals surface area contributed by atoms with Gasteiger partial charge in [-0.25, -0.2) is 4.98 Å². The van der Waals surface area contributed by atoms with Crippen molar-refractivity contribution < 1.29 is 9.59 Å². The van der Waals surface area contributed by atoms with Gasteiger partial charge in [-0.1, -0.05) is 29.8 Å². The fourth-order valence-corrected chi connectivity index (χ4v) is 3.52. The van der Waals surface area contributed by atoms with Gasteiger partial charge in [0.15, 0.2) is 0 Å². The smallest absolute Gasteiger partial charge is 0.227 e. The summed E-state index contributed by atoms with van der Waals surface area (Å²) in [5.74, 6) is 0.338. The average molecular weight is 362 g/mol. The van der Waals surface area contributed by atoms with Crippen LogP contribution in [0.1, 0.15) is 17.8 Å². The molecule has 27 heavy (non-hydrogen) atoms. The normalized spacial score (nSPS) is 16.9. The summed E-state index contributed by atoms with van der Waals surface area (Å²) >= 11 is 0. The Morgan fingerprint density at radius 1 is 1.19 bits per heavy atom. The van der Waals surface area contributed by atoms with Crippen molar-refractivity contribution in [2.75, 3.05) is 11.4 Å². The molecule has 1 aromatic heterocycles. The predicted octanol–water partition coefficient (Wildman–Crippen LogP) is 2.55. The number of rotatable bonds is 4. The summed E-state index contributed by atoms with van der Waals surface area (Å²) in [7, 11) is 1.94. The van der Waals surface area contributed by atoms with E-state index < -0.39 is 0 Å². The summed E-state index contributed by atoms with van der Waals surface area (Å²) < 4.78 is 1.98. The number of aromatic nitrogens is 2. The van der Waals surface area contributed by atoms with Crippen molar-refractivity contribution in [2.24, 2.45) is 13.0 Å². The molecule has 4 rings (SSSR count). The first-order valence-electron chi connectivity index (χ1n) is 9.08. The third-order valence-corrected chi connectivity index (χ3v) is 5.14. The maximum atomic E-state index is 12.6. The molecule has 1 saturated heterocycles. The highest BCUT2D eigenvalue weighted by Gasteiger charge is 2.35. The molecular formula is C21H22N4O2. The second kappa shape index (κ2) is 6.87. The van der Waals surface area contributed by atoms with Crippen molar-refractivity contribution in [3.05, 3.63) is 59.9 Å². The zero-order chi connectivity index (χ0) is 19.0. The van der Waals surface area contributed by atoms with Gasteiger partial charge in [0.05, 0.1) is 23.5 Å². The molecule has 0 bridgehead atoms. The number of anilines is 1. The topological polar surface area (TPSA) is 67.2 Å². The Labute approximate surface area is 157 Å². The second-order valence-corrected chi connectivity index (χ2v) is 7.03. The maximum Gasteiger partial charge on any atom is 0.227 e. The number of nitrogens with zero attached hydrogens (tertiary/aromatic N) is 3. The third-order valence-electron chi connectivity index (χ3n) is 5.14. The molecule has 1 aliphatic heterocycles. The highest BCUT2D eigenvalue weighted by Crippen LogP contribution is 2.25. The van der Waals surface area contributed by atoms with E-state index in [4.69, 9.17) is 0 Å². The summed E-state index contributed by atoms with van der Waals surface area (Å²) in [5.41, 5.74) is 3.92. The molecule has 1 fully saturated rings. The molecule has 1 unspecified atom stereocenters. The Morgan fingerprint density at radius 3 is 2.67 bits per heavy atom. The van der Waals surface area contributed by atoms with Crippen molar-refractivity contribution >= 4 is 28.5 Å². The molecule has 1 N–H and O–H groups in total. The molecule has 0 saturated carbocycles. The van der Waals surface area contributed by atoms with E-state index in [1.165, 1.54) is 0 Å². The highest BCUT2D eigenvalue weighted by atomic mass is 16.2. The van der Waals surface area contributed by atoms with Crippen LogP contribution < -0.4 is 10.2 Å². The molecule has 2 heterocycles. The number of hydrogen-bond donors (Lipinski definition) is 1. The van der Waals surface area contributed by atoms with Gasteiger partial charge in [0, 0.05) is 25.7 Å². The van der Waals surface area contributed by atoms with E-state index in [9.17, 15) is 9.59 Å². The van der Waals surface area contributed by atoms with Crippen LogP contribution in [0.3, 0.4) is 0 Å². The molecule has 2 aromatic carbocycles. The molecule has 0 spiro atoms. The minimum absolute atomic E-state index is 0.0123. The van der Waals surface area contributed by atoms with Crippen LogP contribution in [-0.2, 0) is 23.2 Å². The SMILES string of the molecule is Cc1ccc(N2CC(C(=O)NCc3nc4ccccc4n3C)CC2=O)cc1. The number of imidazole rings is 1. The average Bonchev–Trinajstić information content (AvgIpc) is 3.21. The summed E-state index contributed by atoms with van der Waals surface area (Å²) in [6, 6.07) is 15.7. The van der Waals surface area contributed by atoms with Crippen molar-refractivity contribution in [1.29, 1.82) is 0 Å². The lowest BCUT2D eigenvalue weighted by Crippen LogP contribution is -2.33. The number of fused-ring (bicyclic) bond motifs is 1. The van der Waals surface area contributed by atoms with Crippen LogP contribution in [0, 0.1) is 12.8 Å². The van der Waals surface area contributed by atoms with Crippen LogP contribution in [0.15, 0.2) is 48.5 Å². The molecule has 6 nitrogen and oxygen atoms in total. The Balaban J connectivity index is 1.42. The van der Waals surface area contributed by atoms with E-state index in [1.807, 2.05) is 67.1 Å². The third kappa shape index (κ3) is 3.30. The van der Waals surface area contributed by atoms with E-state index in [1.54, 1.807) is 4.90 Å². The largest absolute Gasteiger partial charge is 0.349 e. The van der Waals surface area contributed by atoms with Gasteiger partial charge in [-0.05, 0) is 31.2 Å². The van der Waals surface area contributed by atoms with E-state index in [-0.39, 0.29) is 24.2 Å². The number of aryl methyl sites for hydroxylation is 2. The number of carbonyl (C=O) groups excluding carboxylic acids is 2. The number of hydrogen-bond acceptors (Lipinski definition) is 3. The molecule has 3 aromatic rings. The first-order chi connectivity index (χ1) is 13.0. The number of amides is 2. The fraction of sp³-hybridized carbons (Fsp3) is 0.286. The Morgan fingerprint density at radius 2 is 1.93 bits per heavy atom. The van der Waals surface area contributed by atoms with Crippen LogP contribution in [0.25, 0.3) is 11.0 Å². The predicted molar refractivity (Wildman–Crippen MR) is 104 cm³/mol. The maximum absolute atomic E-state index is 12.6. The minimum atomic E-state index is -0.339. The lowest BCUT2D eigenvalue weighted by atomic mass is 10.1. The van der Waals surface area contributed by atoms with Gasteiger partial charge >= 0.3 is 0 Å². The molecule has 138 valence electrons. The Bertz CT molecular complexity index is 1010. The van der Waals surface area contributed by atoms with E-state index >= 15 is 0 Å². The van der Waals surface area contributed by atoms with Gasteiger partial charge in [0.25, 0.3) is 0 Å². The van der Waals surface area contributed by atoms with E-state index in [0.717, 1.165) is 28.1 Å². The van der Waals surface area contributed by atoms with Crippen molar-refractivity contribution in [3.8, 4) is 0 Å². The van der Waals surface area contributed by atoms with Crippen LogP contribution in [0.5, 0.6) is 0 Å². The standard InChI is InChI=1S/C21H22N4O2/c1-14-7-9-16(10-8-14)25-13-15(11-20(25)26)21(27)22-12-19-23-17-5-3-4-6-18(17)24(19)2/h3-10,15H,11-13H2,1-2H3,(H,22,27). The Kier molecular flexibility index (Phi) is 4.39. The fourth-order valence-electron chi connectivity index (χ4n) is 3.52. The van der Waals surface area contributed by atoms with E-state index in [0.29, 0.717) is 13.1 Å². The van der Waals surface area contributed by atoms with Crippen molar-refractivity contribution in [1.82, 2.24) is 14.9 Å². The van der Waals surface area contributed by atoms with Crippen LogP contribution in [0.4, 0.5) is 5.69 Å². The lowest BCUT2D eigenvalue weighted by molar-refractivity contribution is -0.126. The summed E-state index contributed by atoms with van der Waals surface area (Å²) in [6.45, 7) is 2.77. The number of para-hydroxylation sites is 2. The second-order valence-electron chi connectivity index (χ2n) is 7.03. The first kappa shape index (κ1) is 17.3. The summed E-state index contributed by atoms with van der Waals surface area (Å²) in [6.07, 6.45) is 0.238. The number of benzene rings is 2. The minimum Gasteiger partial charge on any atom is -0.349 e. The van der Waals surface area contributed by atoms with Gasteiger partial charge in [0.1, 0.15) is 5.82 Å². The zero-order valence-corrected chi connectivity index (χ0v) is 15.5. The quantitative estimate of drug-likeness (QED) is 0.776. The molecule has 2 amide bonds. The van der Waals surface area contributed by atoms with Crippen LogP contribution >= 0.6 is 0 Å². The number of carbonyl (C=O) groups is 2. The van der Waals surface area contributed by atoms with Gasteiger partial charge in [0.2, 0.25) is 11.8 Å². The summed E-state index contributed by atoms with van der Waals surface area (Å²) in [4.78, 5) is 31.2.